The first-order valence-corrected chi connectivity index (χ1v) is 13.2. The Morgan fingerprint density at radius 1 is 1.28 bits per heavy atom. The lowest BCUT2D eigenvalue weighted by Gasteiger charge is -2.31. The largest absolute Gasteiger partial charge is 0.458 e. The molecule has 0 bridgehead atoms. The van der Waals surface area contributed by atoms with Gasteiger partial charge in [-0.3, -0.25) is 9.59 Å². The van der Waals surface area contributed by atoms with E-state index in [0.29, 0.717) is 35.3 Å². The molecular weight excluding hydrogens is 505 g/mol. The summed E-state index contributed by atoms with van der Waals surface area (Å²) in [6.45, 7) is 6.42. The zero-order chi connectivity index (χ0) is 28.0. The van der Waals surface area contributed by atoms with E-state index in [4.69, 9.17) is 9.72 Å². The maximum absolute atomic E-state index is 15.0. The number of nitrogens with one attached hydrogen (secondary N) is 1. The summed E-state index contributed by atoms with van der Waals surface area (Å²) in [4.78, 5) is 43.9. The van der Waals surface area contributed by atoms with E-state index in [1.807, 2.05) is 0 Å². The number of nitrogens with zero attached hydrogens (tertiary/aromatic N) is 2. The molecule has 3 aromatic rings. The number of carbonyl (C=O) groups excluding carboxylic acids is 2. The van der Waals surface area contributed by atoms with Gasteiger partial charge in [0.25, 0.3) is 5.56 Å². The normalized spacial score (nSPS) is 21.3. The Balaban J connectivity index is 1.60. The van der Waals surface area contributed by atoms with Crippen molar-refractivity contribution in [3.8, 4) is 11.4 Å². The van der Waals surface area contributed by atoms with Gasteiger partial charge in [0, 0.05) is 22.6 Å². The molecule has 0 radical (unpaired) electrons. The quantitative estimate of drug-likeness (QED) is 0.343. The number of hydrogen-bond acceptors (Lipinski definition) is 7. The molecule has 10 heteroatoms. The fourth-order valence-corrected chi connectivity index (χ4v) is 6.34. The molecule has 1 amide bonds. The summed E-state index contributed by atoms with van der Waals surface area (Å²) >= 11 is 0. The smallest absolute Gasteiger partial charge is 0.343 e. The summed E-state index contributed by atoms with van der Waals surface area (Å²) in [5.74, 6) is -1.51. The lowest BCUT2D eigenvalue weighted by atomic mass is 9.81. The van der Waals surface area contributed by atoms with Gasteiger partial charge in [-0.2, -0.15) is 0 Å². The number of aliphatic hydroxyl groups is 2. The number of cyclic esters (lactones) is 1. The van der Waals surface area contributed by atoms with E-state index in [-0.39, 0.29) is 48.8 Å². The minimum atomic E-state index is -1.96. The minimum Gasteiger partial charge on any atom is -0.458 e. The van der Waals surface area contributed by atoms with Crippen molar-refractivity contribution in [1.29, 1.82) is 0 Å². The second-order valence-electron chi connectivity index (χ2n) is 11.5. The highest BCUT2D eigenvalue weighted by molar-refractivity contribution is 5.94. The van der Waals surface area contributed by atoms with Crippen molar-refractivity contribution in [2.45, 2.75) is 83.8 Å². The fraction of sp³-hybridized carbons (Fsp3) is 0.448. The number of ether oxygens (including phenoxy) is 1. The molecular formula is C29H30FN3O6. The number of halogens is 1. The summed E-state index contributed by atoms with van der Waals surface area (Å²) in [5, 5.41) is 25.2. The molecule has 0 unspecified atom stereocenters. The lowest BCUT2D eigenvalue weighted by molar-refractivity contribution is -0.172. The van der Waals surface area contributed by atoms with Crippen LogP contribution in [0.4, 0.5) is 4.39 Å². The van der Waals surface area contributed by atoms with Gasteiger partial charge in [-0.15, -0.1) is 0 Å². The Kier molecular flexibility index (Phi) is 5.54. The van der Waals surface area contributed by atoms with E-state index in [1.165, 1.54) is 10.6 Å². The van der Waals surface area contributed by atoms with Crippen molar-refractivity contribution < 1.29 is 28.9 Å². The maximum Gasteiger partial charge on any atom is 0.343 e. The Morgan fingerprint density at radius 3 is 2.72 bits per heavy atom. The monoisotopic (exact) mass is 535 g/mol. The third-order valence-corrected chi connectivity index (χ3v) is 8.31. The van der Waals surface area contributed by atoms with Crippen LogP contribution in [0.25, 0.3) is 22.3 Å². The van der Waals surface area contributed by atoms with Gasteiger partial charge >= 0.3 is 5.97 Å². The summed E-state index contributed by atoms with van der Waals surface area (Å²) in [5.41, 5.74) is 1.02. The molecule has 39 heavy (non-hydrogen) atoms. The molecule has 0 saturated heterocycles. The van der Waals surface area contributed by atoms with Gasteiger partial charge < -0.3 is 24.8 Å². The maximum atomic E-state index is 15.0. The first-order valence-electron chi connectivity index (χ1n) is 13.2. The summed E-state index contributed by atoms with van der Waals surface area (Å²) in [6.07, 6.45) is 0.977. The standard InChI is InChI=1S/C29H30FN3O6/c1-5-29(38)17-8-21-25-15(11-33(21)26(35)16(17)12-39-27(29)36)24-19(31-22(34)10-28(3,4)37)7-6-14-13(2)18(30)9-20(32-25)23(14)24/h8-9,19,37-38H,5-7,10-12H2,1-4H3,(H,31,34)/t19-,29-/m0/s1. The number of carbonyl (C=O) groups is 2. The summed E-state index contributed by atoms with van der Waals surface area (Å²) < 4.78 is 21.7. The van der Waals surface area contributed by atoms with Crippen LogP contribution < -0.4 is 10.9 Å². The van der Waals surface area contributed by atoms with Gasteiger partial charge in [0.15, 0.2) is 5.60 Å². The van der Waals surface area contributed by atoms with Crippen molar-refractivity contribution in [3.05, 3.63) is 61.7 Å². The molecule has 0 saturated carbocycles. The predicted octanol–water partition coefficient (Wildman–Crippen LogP) is 2.79. The summed E-state index contributed by atoms with van der Waals surface area (Å²) in [6, 6.07) is 2.56. The highest BCUT2D eigenvalue weighted by atomic mass is 19.1. The first-order chi connectivity index (χ1) is 18.3. The zero-order valence-electron chi connectivity index (χ0n) is 22.3. The number of rotatable bonds is 4. The second kappa shape index (κ2) is 8.43. The fourth-order valence-electron chi connectivity index (χ4n) is 6.34. The average molecular weight is 536 g/mol. The SMILES string of the molecule is CC[C@@]1(O)C(=O)OCc2c1cc1n(c2=O)Cc2c-1nc1cc(F)c(C)c3c1c2[C@@H](NC(=O)CC(C)(C)O)CC3. The van der Waals surface area contributed by atoms with Crippen LogP contribution >= 0.6 is 0 Å². The highest BCUT2D eigenvalue weighted by Crippen LogP contribution is 2.46. The zero-order valence-corrected chi connectivity index (χ0v) is 22.3. The van der Waals surface area contributed by atoms with Crippen molar-refractivity contribution in [1.82, 2.24) is 14.9 Å². The van der Waals surface area contributed by atoms with Crippen LogP contribution in [0, 0.1) is 12.7 Å². The van der Waals surface area contributed by atoms with Crippen LogP contribution in [-0.2, 0) is 39.5 Å². The van der Waals surface area contributed by atoms with Crippen LogP contribution in [-0.4, -0.2) is 37.2 Å². The topological polar surface area (TPSA) is 131 Å². The van der Waals surface area contributed by atoms with E-state index in [9.17, 15) is 29.0 Å². The predicted molar refractivity (Wildman–Crippen MR) is 139 cm³/mol. The third-order valence-electron chi connectivity index (χ3n) is 8.31. The summed E-state index contributed by atoms with van der Waals surface area (Å²) in [7, 11) is 0. The van der Waals surface area contributed by atoms with E-state index in [2.05, 4.69) is 5.32 Å². The van der Waals surface area contributed by atoms with Crippen LogP contribution in [0.5, 0.6) is 0 Å². The molecule has 1 aliphatic carbocycles. The lowest BCUT2D eigenvalue weighted by Crippen LogP contribution is -2.44. The Morgan fingerprint density at radius 2 is 2.03 bits per heavy atom. The molecule has 3 aliphatic rings. The molecule has 1 aromatic carbocycles. The van der Waals surface area contributed by atoms with Gasteiger partial charge in [-0.25, -0.2) is 14.2 Å². The average Bonchev–Trinajstić information content (AvgIpc) is 3.23. The van der Waals surface area contributed by atoms with Gasteiger partial charge in [-0.05, 0) is 62.8 Å². The number of aryl methyl sites for hydroxylation is 1. The Labute approximate surface area is 223 Å². The van der Waals surface area contributed by atoms with Crippen LogP contribution in [0.2, 0.25) is 0 Å². The van der Waals surface area contributed by atoms with Crippen LogP contribution in [0.1, 0.15) is 79.5 Å². The van der Waals surface area contributed by atoms with E-state index in [0.717, 1.165) is 22.1 Å². The van der Waals surface area contributed by atoms with Crippen LogP contribution in [0.3, 0.4) is 0 Å². The molecule has 6 rings (SSSR count). The van der Waals surface area contributed by atoms with Crippen molar-refractivity contribution in [2.24, 2.45) is 0 Å². The van der Waals surface area contributed by atoms with Gasteiger partial charge in [0.2, 0.25) is 5.91 Å². The molecule has 9 nitrogen and oxygen atoms in total. The number of fused-ring (bicyclic) bond motifs is 5. The molecule has 0 spiro atoms. The number of benzene rings is 1. The van der Waals surface area contributed by atoms with Gasteiger partial charge in [0.05, 0.1) is 47.1 Å². The Bertz CT molecular complexity index is 1670. The number of hydrogen-bond donors (Lipinski definition) is 3. The van der Waals surface area contributed by atoms with Gasteiger partial charge in [-0.1, -0.05) is 6.92 Å². The second-order valence-corrected chi connectivity index (χ2v) is 11.5. The first kappa shape index (κ1) is 25.6. The Hall–Kier alpha value is -3.63. The van der Waals surface area contributed by atoms with E-state index < -0.39 is 28.8 Å². The molecule has 2 aromatic heterocycles. The molecule has 2 aliphatic heterocycles. The van der Waals surface area contributed by atoms with Gasteiger partial charge in [0.1, 0.15) is 12.4 Å². The molecule has 4 heterocycles. The highest BCUT2D eigenvalue weighted by Gasteiger charge is 2.46. The van der Waals surface area contributed by atoms with E-state index in [1.54, 1.807) is 33.8 Å². The van der Waals surface area contributed by atoms with Crippen molar-refractivity contribution >= 4 is 22.8 Å². The van der Waals surface area contributed by atoms with Crippen LogP contribution in [0.15, 0.2) is 16.9 Å². The van der Waals surface area contributed by atoms with E-state index >= 15 is 0 Å². The molecule has 3 N–H and O–H groups in total. The number of aromatic nitrogens is 2. The molecule has 2 atom stereocenters. The molecule has 204 valence electrons. The number of amides is 1. The van der Waals surface area contributed by atoms with Crippen molar-refractivity contribution in [3.63, 3.8) is 0 Å². The molecule has 0 fully saturated rings. The number of esters is 1. The van der Waals surface area contributed by atoms with Crippen molar-refractivity contribution in [2.75, 3.05) is 0 Å². The third kappa shape index (κ3) is 3.72. The number of pyridine rings is 2. The minimum absolute atomic E-state index is 0.0220.